The average molecular weight is 322 g/mol. The zero-order valence-corrected chi connectivity index (χ0v) is 13.3. The maximum atomic E-state index is 8.93. The largest absolute Gasteiger partial charge is 0.348 e. The van der Waals surface area contributed by atoms with E-state index in [2.05, 4.69) is 29.5 Å². The number of hydroxylamine groups is 1. The normalized spacial score (nSPS) is 23.2. The van der Waals surface area contributed by atoms with Crippen molar-refractivity contribution in [3.8, 4) is 17.9 Å². The quantitative estimate of drug-likeness (QED) is 0.743. The molecule has 5 nitrogen and oxygen atoms in total. The van der Waals surface area contributed by atoms with E-state index >= 15 is 0 Å². The van der Waals surface area contributed by atoms with Gasteiger partial charge in [-0.3, -0.25) is 10.3 Å². The van der Waals surface area contributed by atoms with Gasteiger partial charge in [0.25, 0.3) is 0 Å². The molecule has 1 saturated carbocycles. The molecular formula is C19H18N2O3. The number of nitriles is 1. The fourth-order valence-corrected chi connectivity index (χ4v) is 3.43. The summed E-state index contributed by atoms with van der Waals surface area (Å²) >= 11 is 0. The Bertz CT molecular complexity index is 766. The second-order valence-electron chi connectivity index (χ2n) is 6.38. The molecule has 2 heterocycles. The summed E-state index contributed by atoms with van der Waals surface area (Å²) in [5.41, 5.74) is 4.80. The molecule has 1 aromatic carbocycles. The predicted octanol–water partition coefficient (Wildman–Crippen LogP) is 2.38. The minimum atomic E-state index is -0.394. The van der Waals surface area contributed by atoms with Crippen LogP contribution in [0, 0.1) is 23.2 Å². The highest BCUT2D eigenvalue weighted by Gasteiger charge is 2.48. The summed E-state index contributed by atoms with van der Waals surface area (Å²) in [6, 6.07) is 9.38. The Morgan fingerprint density at radius 1 is 1.00 bits per heavy atom. The second-order valence-corrected chi connectivity index (χ2v) is 6.38. The average Bonchev–Trinajstić information content (AvgIpc) is 3.24. The van der Waals surface area contributed by atoms with Crippen LogP contribution < -0.4 is 5.48 Å². The van der Waals surface area contributed by atoms with Gasteiger partial charge in [-0.2, -0.15) is 5.26 Å². The van der Waals surface area contributed by atoms with Gasteiger partial charge in [0.2, 0.25) is 0 Å². The Kier molecular flexibility index (Phi) is 3.78. The van der Waals surface area contributed by atoms with Crippen LogP contribution in [0.5, 0.6) is 0 Å². The third-order valence-corrected chi connectivity index (χ3v) is 4.78. The number of nitrogens with zero attached hydrogens (tertiary/aromatic N) is 1. The van der Waals surface area contributed by atoms with E-state index in [9.17, 15) is 0 Å². The molecule has 4 rings (SSSR count). The van der Waals surface area contributed by atoms with Crippen molar-refractivity contribution in [1.82, 2.24) is 5.48 Å². The highest BCUT2D eigenvalue weighted by atomic mass is 16.7. The zero-order valence-electron chi connectivity index (χ0n) is 13.3. The summed E-state index contributed by atoms with van der Waals surface area (Å²) in [5.74, 6) is 5.76. The number of ether oxygens (including phenoxy) is 2. The Labute approximate surface area is 141 Å². The molecule has 0 aromatic heterocycles. The van der Waals surface area contributed by atoms with E-state index < -0.39 is 5.79 Å². The fraction of sp³-hybridized carbons (Fsp3) is 0.421. The third-order valence-electron chi connectivity index (χ3n) is 4.78. The summed E-state index contributed by atoms with van der Waals surface area (Å²) in [7, 11) is 0. The summed E-state index contributed by atoms with van der Waals surface area (Å²) in [6.07, 6.45) is 5.41. The van der Waals surface area contributed by atoms with Crippen molar-refractivity contribution in [2.24, 2.45) is 0 Å². The van der Waals surface area contributed by atoms with Crippen LogP contribution in [0.15, 0.2) is 36.0 Å². The second kappa shape index (κ2) is 5.96. The van der Waals surface area contributed by atoms with Crippen molar-refractivity contribution in [1.29, 1.82) is 5.26 Å². The number of hydrogen-bond donors (Lipinski definition) is 1. The van der Waals surface area contributed by atoms with Gasteiger partial charge in [0.15, 0.2) is 5.79 Å². The molecule has 2 aliphatic heterocycles. The molecule has 2 spiro atoms. The van der Waals surface area contributed by atoms with Gasteiger partial charge >= 0.3 is 0 Å². The van der Waals surface area contributed by atoms with Crippen molar-refractivity contribution in [2.75, 3.05) is 13.2 Å². The van der Waals surface area contributed by atoms with E-state index in [-0.39, 0.29) is 5.60 Å². The van der Waals surface area contributed by atoms with E-state index in [0.717, 1.165) is 36.9 Å². The molecule has 5 heteroatoms. The lowest BCUT2D eigenvalue weighted by molar-refractivity contribution is -0.205. The van der Waals surface area contributed by atoms with Crippen LogP contribution in [0.25, 0.3) is 0 Å². The minimum Gasteiger partial charge on any atom is -0.348 e. The number of rotatable bonds is 0. The molecule has 1 aromatic rings. The Hall–Kier alpha value is -2.31. The number of hydrogen-bond acceptors (Lipinski definition) is 5. The molecule has 122 valence electrons. The first-order valence-corrected chi connectivity index (χ1v) is 8.18. The lowest BCUT2D eigenvalue weighted by Gasteiger charge is -2.39. The monoisotopic (exact) mass is 322 g/mol. The van der Waals surface area contributed by atoms with Gasteiger partial charge in [0, 0.05) is 18.4 Å². The van der Waals surface area contributed by atoms with Crippen molar-refractivity contribution in [2.45, 2.75) is 37.1 Å². The Balaban J connectivity index is 1.46. The molecule has 1 saturated heterocycles. The topological polar surface area (TPSA) is 63.5 Å². The van der Waals surface area contributed by atoms with Gasteiger partial charge in [-0.05, 0) is 43.0 Å². The highest BCUT2D eigenvalue weighted by molar-refractivity contribution is 5.45. The molecule has 1 N–H and O–H groups in total. The smallest absolute Gasteiger partial charge is 0.168 e. The Morgan fingerprint density at radius 3 is 2.50 bits per heavy atom. The van der Waals surface area contributed by atoms with Crippen molar-refractivity contribution < 1.29 is 14.3 Å². The van der Waals surface area contributed by atoms with E-state index in [1.165, 1.54) is 0 Å². The van der Waals surface area contributed by atoms with Crippen molar-refractivity contribution in [3.63, 3.8) is 0 Å². The summed E-state index contributed by atoms with van der Waals surface area (Å²) < 4.78 is 11.5. The van der Waals surface area contributed by atoms with Gasteiger partial charge in [0.05, 0.1) is 24.8 Å². The van der Waals surface area contributed by atoms with Crippen LogP contribution >= 0.6 is 0 Å². The molecule has 0 unspecified atom stereocenters. The van der Waals surface area contributed by atoms with Gasteiger partial charge < -0.3 is 9.47 Å². The fourth-order valence-electron chi connectivity index (χ4n) is 3.43. The molecule has 0 amide bonds. The summed E-state index contributed by atoms with van der Waals surface area (Å²) in [4.78, 5) is 5.82. The first kappa shape index (κ1) is 15.2. The Morgan fingerprint density at radius 2 is 1.75 bits per heavy atom. The molecule has 1 aliphatic carbocycles. The van der Waals surface area contributed by atoms with Gasteiger partial charge in [-0.25, -0.2) is 0 Å². The van der Waals surface area contributed by atoms with Gasteiger partial charge in [-0.15, -0.1) is 0 Å². The van der Waals surface area contributed by atoms with E-state index in [1.54, 1.807) is 12.1 Å². The molecule has 2 fully saturated rings. The maximum absolute atomic E-state index is 8.93. The number of nitrogens with one attached hydrogen (secondary N) is 1. The van der Waals surface area contributed by atoms with Crippen molar-refractivity contribution in [3.05, 3.63) is 47.2 Å². The van der Waals surface area contributed by atoms with Gasteiger partial charge in [-0.1, -0.05) is 12.0 Å². The van der Waals surface area contributed by atoms with Crippen molar-refractivity contribution >= 4 is 0 Å². The minimum absolute atomic E-state index is 0.320. The van der Waals surface area contributed by atoms with Gasteiger partial charge in [0.1, 0.15) is 11.3 Å². The van der Waals surface area contributed by atoms with E-state index in [1.807, 2.05) is 12.1 Å². The lowest BCUT2D eigenvalue weighted by atomic mass is 9.81. The molecule has 3 aliphatic rings. The molecule has 24 heavy (non-hydrogen) atoms. The molecule has 0 bridgehead atoms. The molecule has 0 atom stereocenters. The third kappa shape index (κ3) is 2.90. The summed E-state index contributed by atoms with van der Waals surface area (Å²) in [5, 5.41) is 8.93. The van der Waals surface area contributed by atoms with Crippen LogP contribution in [0.1, 0.15) is 36.8 Å². The number of allylic oxidation sites excluding steroid dienone is 1. The highest BCUT2D eigenvalue weighted by Crippen LogP contribution is 2.43. The first-order valence-electron chi connectivity index (χ1n) is 8.18. The SMILES string of the molecule is N#Cc1cccc(C#CC2=CC3(CCC4(CC3)OCCO4)ON2)c1. The maximum Gasteiger partial charge on any atom is 0.168 e. The van der Waals surface area contributed by atoms with Crippen LogP contribution in [-0.4, -0.2) is 24.6 Å². The predicted molar refractivity (Wildman–Crippen MR) is 86.2 cm³/mol. The van der Waals surface area contributed by atoms with Crippen LogP contribution in [0.3, 0.4) is 0 Å². The van der Waals surface area contributed by atoms with Crippen LogP contribution in [0.4, 0.5) is 0 Å². The van der Waals surface area contributed by atoms with E-state index in [0.29, 0.717) is 18.8 Å². The zero-order chi connectivity index (χ0) is 16.5. The first-order chi connectivity index (χ1) is 11.7. The molecular weight excluding hydrogens is 304 g/mol. The number of benzene rings is 1. The summed E-state index contributed by atoms with van der Waals surface area (Å²) in [6.45, 7) is 1.36. The van der Waals surface area contributed by atoms with Crippen LogP contribution in [0.2, 0.25) is 0 Å². The lowest BCUT2D eigenvalue weighted by Crippen LogP contribution is -2.43. The van der Waals surface area contributed by atoms with Crippen LogP contribution in [-0.2, 0) is 14.3 Å². The molecule has 0 radical (unpaired) electrons. The van der Waals surface area contributed by atoms with E-state index in [4.69, 9.17) is 19.6 Å². The standard InChI is InChI=1S/C19H18N2O3/c20-14-16-3-1-2-15(12-16)4-5-17-13-18(24-21-17)6-8-19(9-7-18)22-10-11-23-19/h1-3,12-13,21H,6-11H2.